The number of pyridine rings is 2. The van der Waals surface area contributed by atoms with Crippen LogP contribution in [0.5, 0.6) is 0 Å². The Labute approximate surface area is 81.2 Å². The molecule has 0 saturated heterocycles. The van der Waals surface area contributed by atoms with Gasteiger partial charge in [-0.1, -0.05) is 18.2 Å². The summed E-state index contributed by atoms with van der Waals surface area (Å²) < 4.78 is 0. The van der Waals surface area contributed by atoms with Crippen molar-refractivity contribution in [2.24, 2.45) is 0 Å². The first-order valence-corrected chi connectivity index (χ1v) is 4.52. The number of benzene rings is 1. The third-order valence-electron chi connectivity index (χ3n) is 2.39. The molecule has 0 bridgehead atoms. The van der Waals surface area contributed by atoms with E-state index in [1.54, 1.807) is 6.20 Å². The van der Waals surface area contributed by atoms with E-state index in [4.69, 9.17) is 0 Å². The number of aromatic nitrogens is 2. The predicted molar refractivity (Wildman–Crippen MR) is 57.0 cm³/mol. The molecule has 0 spiro atoms. The number of hydrogen-bond donors (Lipinski definition) is 0. The predicted octanol–water partition coefficient (Wildman–Crippen LogP) is 2.78. The molecule has 0 aliphatic rings. The van der Waals surface area contributed by atoms with Gasteiger partial charge in [0.25, 0.3) is 0 Å². The fraction of sp³-hybridized carbons (Fsp3) is 0. The summed E-state index contributed by atoms with van der Waals surface area (Å²) in [7, 11) is 0. The zero-order valence-electron chi connectivity index (χ0n) is 7.51. The molecule has 1 aromatic carbocycles. The normalized spacial score (nSPS) is 10.9. The molecule has 0 radical (unpaired) electrons. The van der Waals surface area contributed by atoms with Gasteiger partial charge in [0, 0.05) is 34.7 Å². The number of para-hydroxylation sites is 1. The second kappa shape index (κ2) is 2.77. The summed E-state index contributed by atoms with van der Waals surface area (Å²) in [6.45, 7) is 0. The van der Waals surface area contributed by atoms with Crippen LogP contribution < -0.4 is 0 Å². The average molecular weight is 180 g/mol. The number of hydrogen-bond acceptors (Lipinski definition) is 2. The van der Waals surface area contributed by atoms with E-state index in [-0.39, 0.29) is 0 Å². The van der Waals surface area contributed by atoms with Gasteiger partial charge in [0.15, 0.2) is 0 Å². The molecule has 0 saturated carbocycles. The second-order valence-electron chi connectivity index (χ2n) is 3.24. The lowest BCUT2D eigenvalue weighted by Crippen LogP contribution is -1.81. The van der Waals surface area contributed by atoms with Crippen LogP contribution in [-0.4, -0.2) is 9.97 Å². The van der Waals surface area contributed by atoms with Crippen LogP contribution in [0.1, 0.15) is 0 Å². The minimum absolute atomic E-state index is 1.02. The highest BCUT2D eigenvalue weighted by Crippen LogP contribution is 2.21. The van der Waals surface area contributed by atoms with E-state index in [1.807, 2.05) is 36.7 Å². The van der Waals surface area contributed by atoms with E-state index in [1.165, 1.54) is 0 Å². The van der Waals surface area contributed by atoms with Crippen molar-refractivity contribution in [3.63, 3.8) is 0 Å². The SMILES string of the molecule is c1ccc2c(c1)ncc1ccncc12. The Morgan fingerprint density at radius 3 is 2.79 bits per heavy atom. The van der Waals surface area contributed by atoms with Gasteiger partial charge in [-0.25, -0.2) is 0 Å². The van der Waals surface area contributed by atoms with Crippen molar-refractivity contribution in [2.75, 3.05) is 0 Å². The fourth-order valence-corrected chi connectivity index (χ4v) is 1.70. The molecule has 2 heteroatoms. The maximum atomic E-state index is 4.38. The molecular formula is C12H8N2. The van der Waals surface area contributed by atoms with Crippen LogP contribution in [0.15, 0.2) is 48.9 Å². The minimum atomic E-state index is 1.02. The summed E-state index contributed by atoms with van der Waals surface area (Å²) in [4.78, 5) is 8.52. The smallest absolute Gasteiger partial charge is 0.0709 e. The molecule has 0 N–H and O–H groups in total. The maximum Gasteiger partial charge on any atom is 0.0709 e. The summed E-state index contributed by atoms with van der Waals surface area (Å²) >= 11 is 0. The Kier molecular flexibility index (Phi) is 1.47. The van der Waals surface area contributed by atoms with Gasteiger partial charge < -0.3 is 0 Å². The van der Waals surface area contributed by atoms with Gasteiger partial charge >= 0.3 is 0 Å². The van der Waals surface area contributed by atoms with Crippen LogP contribution in [0.3, 0.4) is 0 Å². The molecule has 0 unspecified atom stereocenters. The van der Waals surface area contributed by atoms with Gasteiger partial charge in [-0.2, -0.15) is 0 Å². The largest absolute Gasteiger partial charge is 0.264 e. The van der Waals surface area contributed by atoms with Crippen molar-refractivity contribution in [1.29, 1.82) is 0 Å². The monoisotopic (exact) mass is 180 g/mol. The van der Waals surface area contributed by atoms with E-state index >= 15 is 0 Å². The van der Waals surface area contributed by atoms with Crippen molar-refractivity contribution >= 4 is 21.7 Å². The summed E-state index contributed by atoms with van der Waals surface area (Å²) in [5.74, 6) is 0. The zero-order chi connectivity index (χ0) is 9.38. The van der Waals surface area contributed by atoms with Crippen molar-refractivity contribution in [3.05, 3.63) is 48.9 Å². The molecule has 2 heterocycles. The van der Waals surface area contributed by atoms with Gasteiger partial charge in [0.2, 0.25) is 0 Å². The van der Waals surface area contributed by atoms with E-state index in [2.05, 4.69) is 16.0 Å². The van der Waals surface area contributed by atoms with Crippen LogP contribution in [0, 0.1) is 0 Å². The standard InChI is InChI=1S/C12H8N2/c1-2-4-12-10(3-1)11-8-13-6-5-9(11)7-14-12/h1-8H. The summed E-state index contributed by atoms with van der Waals surface area (Å²) in [6.07, 6.45) is 5.57. The highest BCUT2D eigenvalue weighted by molar-refractivity contribution is 6.04. The van der Waals surface area contributed by atoms with E-state index < -0.39 is 0 Å². The Balaban J connectivity index is 2.61. The molecule has 3 aromatic rings. The number of rotatable bonds is 0. The first kappa shape index (κ1) is 7.44. The van der Waals surface area contributed by atoms with Crippen LogP contribution >= 0.6 is 0 Å². The Morgan fingerprint density at radius 1 is 0.857 bits per heavy atom. The van der Waals surface area contributed by atoms with E-state index in [0.717, 1.165) is 21.7 Å². The second-order valence-corrected chi connectivity index (χ2v) is 3.24. The molecule has 0 aliphatic heterocycles. The highest BCUT2D eigenvalue weighted by Gasteiger charge is 1.99. The van der Waals surface area contributed by atoms with Gasteiger partial charge in [0.05, 0.1) is 5.52 Å². The summed E-state index contributed by atoms with van der Waals surface area (Å²) in [5, 5.41) is 3.47. The fourth-order valence-electron chi connectivity index (χ4n) is 1.70. The quantitative estimate of drug-likeness (QED) is 0.497. The molecule has 66 valence electrons. The Morgan fingerprint density at radius 2 is 1.79 bits per heavy atom. The van der Waals surface area contributed by atoms with Gasteiger partial charge in [-0.3, -0.25) is 9.97 Å². The van der Waals surface area contributed by atoms with Gasteiger partial charge in [-0.15, -0.1) is 0 Å². The Hall–Kier alpha value is -1.96. The number of nitrogens with zero attached hydrogens (tertiary/aromatic N) is 2. The summed E-state index contributed by atoms with van der Waals surface area (Å²) in [5.41, 5.74) is 1.02. The molecule has 2 aromatic heterocycles. The van der Waals surface area contributed by atoms with E-state index in [9.17, 15) is 0 Å². The van der Waals surface area contributed by atoms with E-state index in [0.29, 0.717) is 0 Å². The van der Waals surface area contributed by atoms with Crippen molar-refractivity contribution in [1.82, 2.24) is 9.97 Å². The third-order valence-corrected chi connectivity index (χ3v) is 2.39. The molecular weight excluding hydrogens is 172 g/mol. The van der Waals surface area contributed by atoms with Crippen LogP contribution in [0.4, 0.5) is 0 Å². The van der Waals surface area contributed by atoms with Gasteiger partial charge in [-0.05, 0) is 12.1 Å². The Bertz CT molecular complexity index is 547. The lowest BCUT2D eigenvalue weighted by Gasteiger charge is -2.00. The van der Waals surface area contributed by atoms with Gasteiger partial charge in [0.1, 0.15) is 0 Å². The highest BCUT2D eigenvalue weighted by atomic mass is 14.7. The first-order chi connectivity index (χ1) is 6.95. The molecule has 0 amide bonds. The molecule has 0 fully saturated rings. The molecule has 3 rings (SSSR count). The van der Waals surface area contributed by atoms with Crippen LogP contribution in [0.25, 0.3) is 21.7 Å². The average Bonchev–Trinajstić information content (AvgIpc) is 2.29. The summed E-state index contributed by atoms with van der Waals surface area (Å²) in [6, 6.07) is 10.1. The molecule has 0 atom stereocenters. The van der Waals surface area contributed by atoms with Crippen molar-refractivity contribution in [2.45, 2.75) is 0 Å². The maximum absolute atomic E-state index is 4.38. The third kappa shape index (κ3) is 0.973. The van der Waals surface area contributed by atoms with Crippen LogP contribution in [0.2, 0.25) is 0 Å². The topological polar surface area (TPSA) is 25.8 Å². The first-order valence-electron chi connectivity index (χ1n) is 4.52. The van der Waals surface area contributed by atoms with Crippen molar-refractivity contribution < 1.29 is 0 Å². The minimum Gasteiger partial charge on any atom is -0.264 e. The zero-order valence-corrected chi connectivity index (χ0v) is 7.51. The lowest BCUT2D eigenvalue weighted by atomic mass is 10.1. The molecule has 2 nitrogen and oxygen atoms in total. The number of fused-ring (bicyclic) bond motifs is 3. The van der Waals surface area contributed by atoms with Crippen LogP contribution in [-0.2, 0) is 0 Å². The molecule has 0 aliphatic carbocycles. The van der Waals surface area contributed by atoms with Crippen molar-refractivity contribution in [3.8, 4) is 0 Å². The molecule has 14 heavy (non-hydrogen) atoms. The lowest BCUT2D eigenvalue weighted by molar-refractivity contribution is 1.35.